The van der Waals surface area contributed by atoms with Gasteiger partial charge in [-0.2, -0.15) is 10.4 Å². The maximum atomic E-state index is 13.0. The van der Waals surface area contributed by atoms with Crippen LogP contribution < -0.4 is 4.90 Å². The molecule has 0 aliphatic heterocycles. The van der Waals surface area contributed by atoms with Crippen LogP contribution in [0.15, 0.2) is 23.7 Å². The monoisotopic (exact) mass is 414 g/mol. The zero-order valence-corrected chi connectivity index (χ0v) is 18.0. The SMILES string of the molecule is CCCc1sc2c(N(Cc3cccs3)C(=O)OC(C)(C)C)cnnc2c1C#N. The third-order valence-electron chi connectivity index (χ3n) is 3.91. The van der Waals surface area contributed by atoms with Crippen LogP contribution in [0.5, 0.6) is 0 Å². The number of hydrogen-bond donors (Lipinski definition) is 0. The van der Waals surface area contributed by atoms with Crippen molar-refractivity contribution in [3.63, 3.8) is 0 Å². The first-order valence-corrected chi connectivity index (χ1v) is 10.7. The molecule has 0 aliphatic carbocycles. The van der Waals surface area contributed by atoms with Gasteiger partial charge in [0, 0.05) is 9.75 Å². The molecule has 0 fully saturated rings. The maximum absolute atomic E-state index is 13.0. The molecule has 146 valence electrons. The first-order valence-electron chi connectivity index (χ1n) is 9.04. The fourth-order valence-corrected chi connectivity index (χ4v) is 4.77. The first-order chi connectivity index (χ1) is 13.3. The van der Waals surface area contributed by atoms with Crippen LogP contribution in [-0.4, -0.2) is 21.9 Å². The summed E-state index contributed by atoms with van der Waals surface area (Å²) in [5.41, 5.74) is 1.10. The van der Waals surface area contributed by atoms with E-state index in [2.05, 4.69) is 23.2 Å². The summed E-state index contributed by atoms with van der Waals surface area (Å²) in [5, 5.41) is 19.9. The highest BCUT2D eigenvalue weighted by Gasteiger charge is 2.27. The minimum absolute atomic E-state index is 0.371. The Kier molecular flexibility index (Phi) is 5.96. The molecule has 3 rings (SSSR count). The molecular weight excluding hydrogens is 392 g/mol. The summed E-state index contributed by atoms with van der Waals surface area (Å²) in [6, 6.07) is 6.19. The van der Waals surface area contributed by atoms with Crippen LogP contribution >= 0.6 is 22.7 Å². The van der Waals surface area contributed by atoms with E-state index in [4.69, 9.17) is 4.74 Å². The van der Waals surface area contributed by atoms with E-state index in [0.717, 1.165) is 27.3 Å². The standard InChI is InChI=1S/C20H22N4O2S2/c1-5-7-16-14(10-21)17-18(28-16)15(11-22-23-17)24(12-13-8-6-9-27-13)19(25)26-20(2,3)4/h6,8-9,11H,5,7,12H2,1-4H3. The molecule has 8 heteroatoms. The number of anilines is 1. The Morgan fingerprint density at radius 3 is 2.79 bits per heavy atom. The van der Waals surface area contributed by atoms with E-state index >= 15 is 0 Å². The van der Waals surface area contributed by atoms with Crippen molar-refractivity contribution in [2.45, 2.75) is 52.7 Å². The minimum atomic E-state index is -0.620. The van der Waals surface area contributed by atoms with Gasteiger partial charge in [-0.25, -0.2) is 4.79 Å². The van der Waals surface area contributed by atoms with Crippen LogP contribution in [0.25, 0.3) is 10.2 Å². The van der Waals surface area contributed by atoms with Gasteiger partial charge in [-0.15, -0.1) is 27.8 Å². The normalized spacial score (nSPS) is 11.4. The van der Waals surface area contributed by atoms with Crippen LogP contribution in [0.3, 0.4) is 0 Å². The summed E-state index contributed by atoms with van der Waals surface area (Å²) in [7, 11) is 0. The molecule has 0 aliphatic rings. The Balaban J connectivity index is 2.12. The lowest BCUT2D eigenvalue weighted by Gasteiger charge is -2.27. The number of carbonyl (C=O) groups excluding carboxylic acids is 1. The number of rotatable bonds is 5. The number of hydrogen-bond acceptors (Lipinski definition) is 7. The summed E-state index contributed by atoms with van der Waals surface area (Å²) in [6.07, 6.45) is 2.85. The van der Waals surface area contributed by atoms with Gasteiger partial charge in [0.25, 0.3) is 0 Å². The van der Waals surface area contributed by atoms with E-state index in [-0.39, 0.29) is 0 Å². The van der Waals surface area contributed by atoms with Crippen molar-refractivity contribution in [3.8, 4) is 6.07 Å². The summed E-state index contributed by atoms with van der Waals surface area (Å²) in [6.45, 7) is 7.96. The molecule has 0 saturated heterocycles. The molecule has 6 nitrogen and oxygen atoms in total. The summed E-state index contributed by atoms with van der Waals surface area (Å²) in [5.74, 6) is 0. The largest absolute Gasteiger partial charge is 0.443 e. The van der Waals surface area contributed by atoms with Crippen molar-refractivity contribution < 1.29 is 9.53 Å². The maximum Gasteiger partial charge on any atom is 0.415 e. The zero-order valence-electron chi connectivity index (χ0n) is 16.4. The molecule has 3 aromatic rings. The second-order valence-corrected chi connectivity index (χ2v) is 9.45. The molecule has 0 saturated carbocycles. The molecule has 0 spiro atoms. The lowest BCUT2D eigenvalue weighted by Crippen LogP contribution is -2.36. The fraction of sp³-hybridized carbons (Fsp3) is 0.400. The Hall–Kier alpha value is -2.50. The zero-order chi connectivity index (χ0) is 20.3. The number of thiophene rings is 2. The highest BCUT2D eigenvalue weighted by Crippen LogP contribution is 2.37. The number of nitriles is 1. The number of aryl methyl sites for hydroxylation is 1. The van der Waals surface area contributed by atoms with Crippen LogP contribution in [0.4, 0.5) is 10.5 Å². The summed E-state index contributed by atoms with van der Waals surface area (Å²) < 4.78 is 6.44. The Morgan fingerprint density at radius 2 is 2.18 bits per heavy atom. The lowest BCUT2D eigenvalue weighted by molar-refractivity contribution is 0.0578. The summed E-state index contributed by atoms with van der Waals surface area (Å²) in [4.78, 5) is 16.6. The van der Waals surface area contributed by atoms with Gasteiger partial charge in [0.15, 0.2) is 0 Å². The number of fused-ring (bicyclic) bond motifs is 1. The van der Waals surface area contributed by atoms with Gasteiger partial charge in [0.05, 0.1) is 28.7 Å². The number of aromatic nitrogens is 2. The van der Waals surface area contributed by atoms with Gasteiger partial charge in [-0.05, 0) is 38.6 Å². The van der Waals surface area contributed by atoms with Crippen molar-refractivity contribution in [2.75, 3.05) is 4.90 Å². The molecular formula is C20H22N4O2S2. The first kappa shape index (κ1) is 20.2. The average Bonchev–Trinajstić information content (AvgIpc) is 3.25. The topological polar surface area (TPSA) is 79.1 Å². The third kappa shape index (κ3) is 4.32. The van der Waals surface area contributed by atoms with Crippen LogP contribution in [0.1, 0.15) is 49.4 Å². The Morgan fingerprint density at radius 1 is 1.39 bits per heavy atom. The van der Waals surface area contributed by atoms with Gasteiger partial charge in [-0.1, -0.05) is 19.4 Å². The number of nitrogens with zero attached hydrogens (tertiary/aromatic N) is 4. The lowest BCUT2D eigenvalue weighted by atomic mass is 10.1. The molecule has 0 atom stereocenters. The Labute approximate surface area is 172 Å². The van der Waals surface area contributed by atoms with Gasteiger partial charge in [0.1, 0.15) is 17.2 Å². The van der Waals surface area contributed by atoms with E-state index in [9.17, 15) is 10.1 Å². The third-order valence-corrected chi connectivity index (χ3v) is 6.04. The highest BCUT2D eigenvalue weighted by molar-refractivity contribution is 7.20. The van der Waals surface area contributed by atoms with Crippen molar-refractivity contribution in [3.05, 3.63) is 39.0 Å². The van der Waals surface area contributed by atoms with Gasteiger partial charge in [0.2, 0.25) is 0 Å². The van der Waals surface area contributed by atoms with E-state index in [1.54, 1.807) is 22.4 Å². The van der Waals surface area contributed by atoms with E-state index in [0.29, 0.717) is 23.3 Å². The number of ether oxygens (including phenoxy) is 1. The molecule has 0 radical (unpaired) electrons. The fourth-order valence-electron chi connectivity index (χ4n) is 2.77. The number of carbonyl (C=O) groups is 1. The predicted molar refractivity (Wildman–Crippen MR) is 113 cm³/mol. The molecule has 0 aromatic carbocycles. The smallest absolute Gasteiger partial charge is 0.415 e. The minimum Gasteiger partial charge on any atom is -0.443 e. The van der Waals surface area contributed by atoms with Crippen LogP contribution in [-0.2, 0) is 17.7 Å². The predicted octanol–water partition coefficient (Wildman–Crippen LogP) is 5.52. The van der Waals surface area contributed by atoms with Crippen LogP contribution in [0, 0.1) is 11.3 Å². The second kappa shape index (κ2) is 8.25. The van der Waals surface area contributed by atoms with E-state index < -0.39 is 11.7 Å². The van der Waals surface area contributed by atoms with Gasteiger partial charge < -0.3 is 4.74 Å². The molecule has 1 amide bonds. The van der Waals surface area contributed by atoms with Crippen molar-refractivity contribution in [1.82, 2.24) is 10.2 Å². The molecule has 3 heterocycles. The van der Waals surface area contributed by atoms with E-state index in [1.165, 1.54) is 11.3 Å². The highest BCUT2D eigenvalue weighted by atomic mass is 32.1. The van der Waals surface area contributed by atoms with E-state index in [1.807, 2.05) is 38.3 Å². The van der Waals surface area contributed by atoms with Crippen molar-refractivity contribution >= 4 is 44.7 Å². The molecule has 0 unspecified atom stereocenters. The molecule has 0 N–H and O–H groups in total. The summed E-state index contributed by atoms with van der Waals surface area (Å²) >= 11 is 3.08. The quantitative estimate of drug-likeness (QED) is 0.549. The Bertz CT molecular complexity index is 1010. The van der Waals surface area contributed by atoms with Gasteiger partial charge >= 0.3 is 6.09 Å². The van der Waals surface area contributed by atoms with Crippen molar-refractivity contribution in [2.24, 2.45) is 0 Å². The average molecular weight is 415 g/mol. The number of amides is 1. The van der Waals surface area contributed by atoms with Crippen LogP contribution in [0.2, 0.25) is 0 Å². The van der Waals surface area contributed by atoms with Gasteiger partial charge in [-0.3, -0.25) is 4.90 Å². The molecule has 28 heavy (non-hydrogen) atoms. The van der Waals surface area contributed by atoms with Crippen molar-refractivity contribution in [1.29, 1.82) is 5.26 Å². The molecule has 0 bridgehead atoms. The second-order valence-electron chi connectivity index (χ2n) is 7.32. The molecule has 3 aromatic heterocycles.